The summed E-state index contributed by atoms with van der Waals surface area (Å²) >= 11 is 0. The van der Waals surface area contributed by atoms with E-state index in [1.807, 2.05) is 12.3 Å². The average molecular weight is 234 g/mol. The molecule has 1 fully saturated rings. The van der Waals surface area contributed by atoms with Crippen LogP contribution in [-0.4, -0.2) is 17.6 Å². The first-order valence-corrected chi connectivity index (χ1v) is 6.55. The van der Waals surface area contributed by atoms with Gasteiger partial charge >= 0.3 is 0 Å². The quantitative estimate of drug-likeness (QED) is 0.787. The fraction of sp³-hybridized carbons (Fsp3) is 0.643. The van der Waals surface area contributed by atoms with Crippen molar-refractivity contribution in [1.82, 2.24) is 10.3 Å². The summed E-state index contributed by atoms with van der Waals surface area (Å²) in [5.74, 6) is 1.41. The molecule has 1 aliphatic carbocycles. The van der Waals surface area contributed by atoms with Gasteiger partial charge in [-0.3, -0.25) is 0 Å². The molecular formula is C14H22N2O. The number of hydrogen-bond acceptors (Lipinski definition) is 3. The molecule has 0 aliphatic heterocycles. The van der Waals surface area contributed by atoms with Crippen molar-refractivity contribution in [3.8, 4) is 5.88 Å². The number of rotatable bonds is 7. The van der Waals surface area contributed by atoms with Gasteiger partial charge in [0.05, 0.1) is 6.61 Å². The molecule has 1 N–H and O–H groups in total. The Bertz CT molecular complexity index is 331. The largest absolute Gasteiger partial charge is 0.478 e. The average Bonchev–Trinajstić information content (AvgIpc) is 3.11. The van der Waals surface area contributed by atoms with E-state index in [9.17, 15) is 0 Å². The highest BCUT2D eigenvalue weighted by Crippen LogP contribution is 2.19. The highest BCUT2D eigenvalue weighted by atomic mass is 16.5. The lowest BCUT2D eigenvalue weighted by Gasteiger charge is -2.08. The van der Waals surface area contributed by atoms with E-state index in [1.54, 1.807) is 0 Å². The van der Waals surface area contributed by atoms with Crippen LogP contribution >= 0.6 is 0 Å². The molecule has 0 aromatic carbocycles. The van der Waals surface area contributed by atoms with Crippen molar-refractivity contribution in [1.29, 1.82) is 0 Å². The Kier molecular flexibility index (Phi) is 4.37. The molecule has 3 heteroatoms. The van der Waals surface area contributed by atoms with Gasteiger partial charge in [-0.2, -0.15) is 0 Å². The van der Waals surface area contributed by atoms with Gasteiger partial charge in [0.2, 0.25) is 5.88 Å². The van der Waals surface area contributed by atoms with Crippen molar-refractivity contribution in [3.63, 3.8) is 0 Å². The summed E-state index contributed by atoms with van der Waals surface area (Å²) in [6.07, 6.45) is 5.63. The zero-order valence-corrected chi connectivity index (χ0v) is 10.8. The fourth-order valence-corrected chi connectivity index (χ4v) is 1.55. The molecule has 0 radical (unpaired) electrons. The highest BCUT2D eigenvalue weighted by Gasteiger charge is 2.19. The second kappa shape index (κ2) is 6.01. The molecule has 3 nitrogen and oxygen atoms in total. The Labute approximate surface area is 104 Å². The molecule has 17 heavy (non-hydrogen) atoms. The van der Waals surface area contributed by atoms with Gasteiger partial charge in [-0.1, -0.05) is 19.9 Å². The van der Waals surface area contributed by atoms with Crippen molar-refractivity contribution < 1.29 is 4.74 Å². The van der Waals surface area contributed by atoms with E-state index in [0.717, 1.165) is 31.5 Å². The van der Waals surface area contributed by atoms with Gasteiger partial charge in [-0.15, -0.1) is 0 Å². The van der Waals surface area contributed by atoms with E-state index in [4.69, 9.17) is 4.74 Å². The molecule has 2 rings (SSSR count). The summed E-state index contributed by atoms with van der Waals surface area (Å²) in [6, 6.07) is 4.80. The Morgan fingerprint density at radius 1 is 1.41 bits per heavy atom. The number of nitrogens with one attached hydrogen (secondary N) is 1. The maximum atomic E-state index is 5.58. The molecule has 1 aliphatic rings. The van der Waals surface area contributed by atoms with Crippen LogP contribution in [0.4, 0.5) is 0 Å². The van der Waals surface area contributed by atoms with Crippen LogP contribution in [0.15, 0.2) is 18.3 Å². The summed E-state index contributed by atoms with van der Waals surface area (Å²) < 4.78 is 5.58. The van der Waals surface area contributed by atoms with Gasteiger partial charge in [0.1, 0.15) is 0 Å². The number of hydrogen-bond donors (Lipinski definition) is 1. The third kappa shape index (κ3) is 4.73. The highest BCUT2D eigenvalue weighted by molar-refractivity contribution is 5.17. The zero-order valence-electron chi connectivity index (χ0n) is 10.8. The third-order valence-electron chi connectivity index (χ3n) is 2.91. The first kappa shape index (κ1) is 12.4. The third-order valence-corrected chi connectivity index (χ3v) is 2.91. The van der Waals surface area contributed by atoms with Crippen LogP contribution in [0.25, 0.3) is 0 Å². The first-order valence-electron chi connectivity index (χ1n) is 6.55. The Hall–Kier alpha value is -1.09. The number of ether oxygens (including phenoxy) is 1. The Balaban J connectivity index is 1.72. The standard InChI is InChI=1S/C14H22N2O/c1-11(2)7-8-17-14-6-3-12(10-16-14)9-15-13-4-5-13/h3,6,10-11,13,15H,4-5,7-9H2,1-2H3. The van der Waals surface area contributed by atoms with Gasteiger partial charge in [-0.05, 0) is 30.7 Å². The normalized spacial score (nSPS) is 15.2. The van der Waals surface area contributed by atoms with Crippen molar-refractivity contribution in [3.05, 3.63) is 23.9 Å². The molecule has 1 aromatic heterocycles. The summed E-state index contributed by atoms with van der Waals surface area (Å²) in [4.78, 5) is 4.31. The predicted octanol–water partition coefficient (Wildman–Crippen LogP) is 2.76. The topological polar surface area (TPSA) is 34.1 Å². The molecular weight excluding hydrogens is 212 g/mol. The van der Waals surface area contributed by atoms with Crippen LogP contribution in [-0.2, 0) is 6.54 Å². The fourth-order valence-electron chi connectivity index (χ4n) is 1.55. The number of nitrogens with zero attached hydrogens (tertiary/aromatic N) is 1. The van der Waals surface area contributed by atoms with Gasteiger partial charge < -0.3 is 10.1 Å². The van der Waals surface area contributed by atoms with Crippen molar-refractivity contribution in [2.24, 2.45) is 5.92 Å². The molecule has 1 saturated carbocycles. The molecule has 0 spiro atoms. The van der Waals surface area contributed by atoms with E-state index in [0.29, 0.717) is 5.92 Å². The van der Waals surface area contributed by atoms with E-state index in [-0.39, 0.29) is 0 Å². The lowest BCUT2D eigenvalue weighted by Crippen LogP contribution is -2.15. The Morgan fingerprint density at radius 2 is 2.24 bits per heavy atom. The van der Waals surface area contributed by atoms with Crippen LogP contribution in [0.2, 0.25) is 0 Å². The van der Waals surface area contributed by atoms with Gasteiger partial charge in [-0.25, -0.2) is 4.98 Å². The van der Waals surface area contributed by atoms with Crippen LogP contribution in [0, 0.1) is 5.92 Å². The summed E-state index contributed by atoms with van der Waals surface area (Å²) in [5, 5.41) is 3.47. The van der Waals surface area contributed by atoms with E-state index in [1.165, 1.54) is 18.4 Å². The minimum atomic E-state index is 0.678. The van der Waals surface area contributed by atoms with Crippen molar-refractivity contribution in [2.75, 3.05) is 6.61 Å². The number of pyridine rings is 1. The SMILES string of the molecule is CC(C)CCOc1ccc(CNC2CC2)cn1. The number of aromatic nitrogens is 1. The molecule has 0 unspecified atom stereocenters. The lowest BCUT2D eigenvalue weighted by atomic mass is 10.1. The monoisotopic (exact) mass is 234 g/mol. The van der Waals surface area contributed by atoms with Crippen LogP contribution in [0.3, 0.4) is 0 Å². The molecule has 0 bridgehead atoms. The zero-order chi connectivity index (χ0) is 12.1. The van der Waals surface area contributed by atoms with Gasteiger partial charge in [0.25, 0.3) is 0 Å². The second-order valence-electron chi connectivity index (χ2n) is 5.19. The van der Waals surface area contributed by atoms with Crippen LogP contribution in [0.1, 0.15) is 38.7 Å². The second-order valence-corrected chi connectivity index (χ2v) is 5.19. The smallest absolute Gasteiger partial charge is 0.213 e. The van der Waals surface area contributed by atoms with Gasteiger partial charge in [0, 0.05) is 24.8 Å². The van der Waals surface area contributed by atoms with E-state index in [2.05, 4.69) is 30.2 Å². The van der Waals surface area contributed by atoms with Gasteiger partial charge in [0.15, 0.2) is 0 Å². The maximum Gasteiger partial charge on any atom is 0.213 e. The molecule has 94 valence electrons. The lowest BCUT2D eigenvalue weighted by molar-refractivity contribution is 0.279. The molecule has 1 heterocycles. The Morgan fingerprint density at radius 3 is 2.82 bits per heavy atom. The summed E-state index contributed by atoms with van der Waals surface area (Å²) in [5.41, 5.74) is 1.23. The van der Waals surface area contributed by atoms with E-state index < -0.39 is 0 Å². The minimum Gasteiger partial charge on any atom is -0.478 e. The molecule has 0 amide bonds. The molecule has 0 atom stereocenters. The van der Waals surface area contributed by atoms with E-state index >= 15 is 0 Å². The van der Waals surface area contributed by atoms with Crippen molar-refractivity contribution >= 4 is 0 Å². The maximum absolute atomic E-state index is 5.58. The predicted molar refractivity (Wildman–Crippen MR) is 69.0 cm³/mol. The molecule has 1 aromatic rings. The van der Waals surface area contributed by atoms with Crippen molar-refractivity contribution in [2.45, 2.75) is 45.7 Å². The summed E-state index contributed by atoms with van der Waals surface area (Å²) in [6.45, 7) is 6.07. The minimum absolute atomic E-state index is 0.678. The summed E-state index contributed by atoms with van der Waals surface area (Å²) in [7, 11) is 0. The van der Waals surface area contributed by atoms with Crippen LogP contribution < -0.4 is 10.1 Å². The molecule has 0 saturated heterocycles. The first-order chi connectivity index (χ1) is 8.24. The van der Waals surface area contributed by atoms with Crippen LogP contribution in [0.5, 0.6) is 5.88 Å².